The number of carbonyl (C=O) groups is 1. The molecule has 1 heterocycles. The molecule has 152 valence electrons. The minimum atomic E-state index is 0. The van der Waals surface area contributed by atoms with Crippen LogP contribution in [0.15, 0.2) is 29.3 Å². The van der Waals surface area contributed by atoms with Gasteiger partial charge in [0.2, 0.25) is 5.91 Å². The number of nitrogens with one attached hydrogen (secondary N) is 1. The molecule has 1 N–H and O–H groups in total. The summed E-state index contributed by atoms with van der Waals surface area (Å²) in [6.07, 6.45) is 1.02. The first-order valence-corrected chi connectivity index (χ1v) is 9.17. The van der Waals surface area contributed by atoms with Crippen LogP contribution in [0.4, 0.5) is 5.69 Å². The van der Waals surface area contributed by atoms with Crippen molar-refractivity contribution in [2.24, 2.45) is 4.99 Å². The van der Waals surface area contributed by atoms with Crippen molar-refractivity contribution in [1.29, 1.82) is 0 Å². The molecule has 0 unspecified atom stereocenters. The summed E-state index contributed by atoms with van der Waals surface area (Å²) < 4.78 is 5.32. The van der Waals surface area contributed by atoms with Crippen molar-refractivity contribution in [2.45, 2.75) is 13.3 Å². The van der Waals surface area contributed by atoms with E-state index in [4.69, 9.17) is 4.74 Å². The molecular weight excluding hydrogens is 457 g/mol. The molecule has 0 aliphatic carbocycles. The zero-order chi connectivity index (χ0) is 18.9. The monoisotopic (exact) mass is 489 g/mol. The largest absolute Gasteiger partial charge is 0.497 e. The SMILES string of the molecule is CCCNC(=NCC(=O)N(C)C)N1CCN(c2cccc(OC)c2)CC1.I. The van der Waals surface area contributed by atoms with Crippen LogP contribution in [0.3, 0.4) is 0 Å². The summed E-state index contributed by atoms with van der Waals surface area (Å²) in [6, 6.07) is 8.15. The molecular formula is C19H32IN5O2. The van der Waals surface area contributed by atoms with Crippen molar-refractivity contribution >= 4 is 41.5 Å². The number of rotatable bonds is 6. The van der Waals surface area contributed by atoms with Gasteiger partial charge in [0.1, 0.15) is 12.3 Å². The Morgan fingerprint density at radius 2 is 1.96 bits per heavy atom. The fourth-order valence-electron chi connectivity index (χ4n) is 2.77. The highest BCUT2D eigenvalue weighted by molar-refractivity contribution is 14.0. The summed E-state index contributed by atoms with van der Waals surface area (Å²) >= 11 is 0. The van der Waals surface area contributed by atoms with E-state index in [-0.39, 0.29) is 36.4 Å². The van der Waals surface area contributed by atoms with Gasteiger partial charge in [0.25, 0.3) is 0 Å². The van der Waals surface area contributed by atoms with Crippen LogP contribution in [-0.2, 0) is 4.79 Å². The summed E-state index contributed by atoms with van der Waals surface area (Å²) in [5, 5.41) is 3.37. The second-order valence-electron chi connectivity index (χ2n) is 6.53. The molecule has 1 fully saturated rings. The molecule has 1 saturated heterocycles. The number of guanidine groups is 1. The van der Waals surface area contributed by atoms with Crippen molar-refractivity contribution in [3.63, 3.8) is 0 Å². The minimum absolute atomic E-state index is 0. The van der Waals surface area contributed by atoms with Gasteiger partial charge < -0.3 is 24.8 Å². The maximum Gasteiger partial charge on any atom is 0.243 e. The molecule has 0 radical (unpaired) electrons. The normalized spacial score (nSPS) is 14.4. The molecule has 0 aromatic heterocycles. The Hall–Kier alpha value is -1.71. The van der Waals surface area contributed by atoms with Crippen LogP contribution in [0, 0.1) is 0 Å². The van der Waals surface area contributed by atoms with E-state index >= 15 is 0 Å². The van der Waals surface area contributed by atoms with Gasteiger partial charge in [-0.05, 0) is 18.6 Å². The Morgan fingerprint density at radius 1 is 1.26 bits per heavy atom. The van der Waals surface area contributed by atoms with Gasteiger partial charge >= 0.3 is 0 Å². The Labute approximate surface area is 179 Å². The number of ether oxygens (including phenoxy) is 1. The topological polar surface area (TPSA) is 60.4 Å². The third-order valence-electron chi connectivity index (χ3n) is 4.39. The van der Waals surface area contributed by atoms with Gasteiger partial charge in [0.15, 0.2) is 5.96 Å². The highest BCUT2D eigenvalue weighted by Crippen LogP contribution is 2.22. The summed E-state index contributed by atoms with van der Waals surface area (Å²) in [4.78, 5) is 22.5. The second kappa shape index (κ2) is 11.9. The van der Waals surface area contributed by atoms with E-state index in [0.717, 1.165) is 50.9 Å². The smallest absolute Gasteiger partial charge is 0.243 e. The van der Waals surface area contributed by atoms with Crippen LogP contribution in [0.2, 0.25) is 0 Å². The summed E-state index contributed by atoms with van der Waals surface area (Å²) in [6.45, 7) is 6.69. The first-order chi connectivity index (χ1) is 12.5. The van der Waals surface area contributed by atoms with E-state index in [1.807, 2.05) is 12.1 Å². The lowest BCUT2D eigenvalue weighted by atomic mass is 10.2. The number of methoxy groups -OCH3 is 1. The van der Waals surface area contributed by atoms with Gasteiger partial charge in [-0.2, -0.15) is 0 Å². The lowest BCUT2D eigenvalue weighted by Crippen LogP contribution is -2.53. The molecule has 7 nitrogen and oxygen atoms in total. The summed E-state index contributed by atoms with van der Waals surface area (Å²) in [5.74, 6) is 1.71. The lowest BCUT2D eigenvalue weighted by molar-refractivity contribution is -0.127. The van der Waals surface area contributed by atoms with Gasteiger partial charge in [0, 0.05) is 58.6 Å². The number of nitrogens with zero attached hydrogens (tertiary/aromatic N) is 4. The summed E-state index contributed by atoms with van der Waals surface area (Å²) in [7, 11) is 5.20. The molecule has 8 heteroatoms. The molecule has 0 saturated carbocycles. The molecule has 1 amide bonds. The number of benzene rings is 1. The van der Waals surface area contributed by atoms with Crippen LogP contribution in [-0.4, -0.2) is 82.1 Å². The Balaban J connectivity index is 0.00000364. The number of halogens is 1. The van der Waals surface area contributed by atoms with Crippen molar-refractivity contribution in [3.05, 3.63) is 24.3 Å². The molecule has 1 aromatic carbocycles. The number of carbonyl (C=O) groups excluding carboxylic acids is 1. The third-order valence-corrected chi connectivity index (χ3v) is 4.39. The van der Waals surface area contributed by atoms with Gasteiger partial charge in [0.05, 0.1) is 7.11 Å². The number of anilines is 1. The quantitative estimate of drug-likeness (QED) is 0.376. The Bertz CT molecular complexity index is 616. The van der Waals surface area contributed by atoms with Gasteiger partial charge in [-0.1, -0.05) is 13.0 Å². The van der Waals surface area contributed by atoms with Crippen molar-refractivity contribution in [2.75, 3.05) is 65.4 Å². The predicted octanol–water partition coefficient (Wildman–Crippen LogP) is 1.88. The molecule has 1 aliphatic heterocycles. The first kappa shape index (κ1) is 23.3. The molecule has 27 heavy (non-hydrogen) atoms. The average molecular weight is 489 g/mol. The predicted molar refractivity (Wildman–Crippen MR) is 121 cm³/mol. The third kappa shape index (κ3) is 7.08. The first-order valence-electron chi connectivity index (χ1n) is 9.17. The molecule has 0 bridgehead atoms. The maximum atomic E-state index is 11.9. The van der Waals surface area contributed by atoms with E-state index in [1.165, 1.54) is 5.69 Å². The van der Waals surface area contributed by atoms with Crippen LogP contribution in [0.25, 0.3) is 0 Å². The molecule has 1 aromatic rings. The van der Waals surface area contributed by atoms with Gasteiger partial charge in [-0.15, -0.1) is 24.0 Å². The van der Waals surface area contributed by atoms with Crippen molar-refractivity contribution in [1.82, 2.24) is 15.1 Å². The fraction of sp³-hybridized carbons (Fsp3) is 0.579. The van der Waals surface area contributed by atoms with Crippen molar-refractivity contribution in [3.8, 4) is 5.75 Å². The maximum absolute atomic E-state index is 11.9. The van der Waals surface area contributed by atoms with Crippen LogP contribution < -0.4 is 15.0 Å². The molecule has 0 spiro atoms. The lowest BCUT2D eigenvalue weighted by Gasteiger charge is -2.37. The van der Waals surface area contributed by atoms with E-state index in [9.17, 15) is 4.79 Å². The van der Waals surface area contributed by atoms with Gasteiger partial charge in [-0.25, -0.2) is 4.99 Å². The van der Waals surface area contributed by atoms with Crippen LogP contribution >= 0.6 is 24.0 Å². The van der Waals surface area contributed by atoms with E-state index in [0.29, 0.717) is 0 Å². The number of likely N-dealkylation sites (N-methyl/N-ethyl adjacent to an activating group) is 1. The van der Waals surface area contributed by atoms with Crippen molar-refractivity contribution < 1.29 is 9.53 Å². The van der Waals surface area contributed by atoms with Crippen LogP contribution in [0.1, 0.15) is 13.3 Å². The highest BCUT2D eigenvalue weighted by Gasteiger charge is 2.20. The number of amides is 1. The zero-order valence-corrected chi connectivity index (χ0v) is 19.1. The molecule has 2 rings (SSSR count). The second-order valence-corrected chi connectivity index (χ2v) is 6.53. The Kier molecular flexibility index (Phi) is 10.3. The fourth-order valence-corrected chi connectivity index (χ4v) is 2.77. The number of hydrogen-bond donors (Lipinski definition) is 1. The standard InChI is InChI=1S/C19H31N5O2.HI/c1-5-9-20-19(21-15-18(25)22(2)3)24-12-10-23(11-13-24)16-7-6-8-17(14-16)26-4;/h6-8,14H,5,9-13,15H2,1-4H3,(H,20,21);1H. The number of piperazine rings is 1. The zero-order valence-electron chi connectivity index (χ0n) is 16.8. The highest BCUT2D eigenvalue weighted by atomic mass is 127. The molecule has 1 aliphatic rings. The molecule has 0 atom stereocenters. The van der Waals surface area contributed by atoms with E-state index in [2.05, 4.69) is 39.2 Å². The van der Waals surface area contributed by atoms with E-state index < -0.39 is 0 Å². The van der Waals surface area contributed by atoms with Gasteiger partial charge in [-0.3, -0.25) is 4.79 Å². The minimum Gasteiger partial charge on any atom is -0.497 e. The van der Waals surface area contributed by atoms with Crippen LogP contribution in [0.5, 0.6) is 5.75 Å². The average Bonchev–Trinajstić information content (AvgIpc) is 2.68. The Morgan fingerprint density at radius 3 is 2.56 bits per heavy atom. The van der Waals surface area contributed by atoms with E-state index in [1.54, 1.807) is 26.1 Å². The number of hydrogen-bond acceptors (Lipinski definition) is 4. The summed E-state index contributed by atoms with van der Waals surface area (Å²) in [5.41, 5.74) is 1.17. The number of aliphatic imine (C=N–C) groups is 1.